The van der Waals surface area contributed by atoms with Gasteiger partial charge in [-0.25, -0.2) is 15.6 Å². The maximum atomic E-state index is 14.5. The third kappa shape index (κ3) is 24.5. The first-order valence-corrected chi connectivity index (χ1v) is 45.0. The number of benzene rings is 4. The Morgan fingerprint density at radius 1 is 0.555 bits per heavy atom. The number of fused-ring (bicyclic) bond motifs is 2. The number of carbonyl (C=O) groups excluding carboxylic acids is 8. The summed E-state index contributed by atoms with van der Waals surface area (Å²) in [5.41, 5.74) is 13.3. The quantitative estimate of drug-likeness (QED) is 0.0123. The Morgan fingerprint density at radius 3 is 1.35 bits per heavy atom. The molecule has 2 heterocycles. The molecule has 8 rings (SSSR count). The molecule has 24 heteroatoms. The van der Waals surface area contributed by atoms with E-state index in [-0.39, 0.29) is 59.0 Å². The van der Waals surface area contributed by atoms with Crippen LogP contribution in [0.15, 0.2) is 111 Å². The summed E-state index contributed by atoms with van der Waals surface area (Å²) in [7, 11) is -2.76. The fourth-order valence-corrected chi connectivity index (χ4v) is 15.3. The predicted octanol–water partition coefficient (Wildman–Crippen LogP) is 14.2. The highest BCUT2D eigenvalue weighted by atomic mass is 28.4. The molecule has 22 nitrogen and oxygen atoms in total. The van der Waals surface area contributed by atoms with E-state index in [1.165, 1.54) is 10.0 Å². The number of esters is 2. The third-order valence-corrected chi connectivity index (χ3v) is 30.6. The first-order chi connectivity index (χ1) is 51.5. The molecule has 2 saturated heterocycles. The highest BCUT2D eigenvalue weighted by Crippen LogP contribution is 2.41. The van der Waals surface area contributed by atoms with Crippen LogP contribution in [0.2, 0.25) is 36.3 Å². The highest BCUT2D eigenvalue weighted by molar-refractivity contribution is 6.75. The Morgan fingerprint density at radius 2 is 0.973 bits per heavy atom. The van der Waals surface area contributed by atoms with E-state index in [9.17, 15) is 38.4 Å². The van der Waals surface area contributed by atoms with Gasteiger partial charge < -0.3 is 49.1 Å². The van der Waals surface area contributed by atoms with Crippen LogP contribution in [0.1, 0.15) is 205 Å². The van der Waals surface area contributed by atoms with Crippen molar-refractivity contribution in [1.29, 1.82) is 0 Å². The smallest absolute Gasteiger partial charge is 0.408 e. The van der Waals surface area contributed by atoms with Crippen molar-refractivity contribution in [3.63, 3.8) is 0 Å². The molecule has 4 aliphatic rings. The van der Waals surface area contributed by atoms with Crippen LogP contribution >= 0.6 is 0 Å². The molecule has 0 radical (unpaired) electrons. The van der Waals surface area contributed by atoms with Gasteiger partial charge in [-0.2, -0.15) is 0 Å². The number of ether oxygens (including phenoxy) is 4. The molecule has 110 heavy (non-hydrogen) atoms. The van der Waals surface area contributed by atoms with Crippen molar-refractivity contribution in [3.8, 4) is 11.5 Å². The van der Waals surface area contributed by atoms with Gasteiger partial charge >= 0.3 is 18.0 Å². The number of nitrogens with zero attached hydrogens (tertiary/aromatic N) is 2. The molecule has 4 aromatic rings. The minimum Gasteiger partial charge on any atom is -0.543 e. The Hall–Kier alpha value is -8.43. The maximum Gasteiger partial charge on any atom is 0.408 e. The van der Waals surface area contributed by atoms with Crippen LogP contribution in [-0.4, -0.2) is 142 Å². The van der Waals surface area contributed by atoms with Crippen molar-refractivity contribution in [2.75, 3.05) is 20.2 Å². The average Bonchev–Trinajstić information content (AvgIpc) is 1.74. The van der Waals surface area contributed by atoms with Crippen molar-refractivity contribution >= 4 is 76.4 Å². The maximum absolute atomic E-state index is 14.5. The Bertz CT molecular complexity index is 3910. The summed E-state index contributed by atoms with van der Waals surface area (Å²) >= 11 is 0. The number of hydrogen-bond donors (Lipinski definition) is 6. The second-order valence-corrected chi connectivity index (χ2v) is 43.9. The summed E-state index contributed by atoms with van der Waals surface area (Å²) in [6.45, 7) is 48.2. The molecule has 2 aliphatic carbocycles. The van der Waals surface area contributed by atoms with E-state index in [1.807, 2.05) is 100 Å². The largest absolute Gasteiger partial charge is 0.543 e. The molecule has 4 aromatic carbocycles. The van der Waals surface area contributed by atoms with Crippen LogP contribution in [0.4, 0.5) is 4.79 Å². The molecule has 2 aliphatic heterocycles. The summed E-state index contributed by atoms with van der Waals surface area (Å²) < 4.78 is 36.3. The zero-order chi connectivity index (χ0) is 81.4. The lowest BCUT2D eigenvalue weighted by atomic mass is 9.96. The number of nitrogens with one attached hydrogen (secondary N) is 6. The zero-order valence-electron chi connectivity index (χ0n) is 68.9. The standard InChI is InChI=1S/C45H66N4O7Si.C41H60N4O7Si/c1-12-14-20-38(54-9)30(5)41(50)47-40(29(3)4)42(51)46-37(28-32-17-15-18-34(26-32)56-57(10,11)45(6,7)8)43(52)49-25-16-19-36(48-49)44(53)55-39-24-23-33-22-21-31(13-2)27-35(33)39;1-12-27-18-19-29-20-21-34(31(29)24-27)50-38(48)32-17-14-22-45(44-32)37(47)33(42-36(46)35(26(2)3)43-39(49)51-40(4,5)6)25-28-15-13-16-30(23-28)52-53(10,11)41(7,8)9/h12-13,15,17-18,21-22,26-27,29-30,36-40,48H,1-2,14,16,19-20,23-25,28H2,3-11H3,(H,46,51)(H,47,50);12-13,15-16,18-19,23-24,26,32-35,44H,1,14,17,20-22,25H2,2-11H3,(H,42,46)(H,43,49)/t30-,36+,37+,38-,39-,40+;32-,33-,34+,35-/m10/s1. The van der Waals surface area contributed by atoms with Gasteiger partial charge in [-0.05, 0) is 214 Å². The van der Waals surface area contributed by atoms with Crippen LogP contribution in [0.25, 0.3) is 12.2 Å². The minimum atomic E-state index is -2.17. The molecule has 0 aromatic heterocycles. The predicted molar refractivity (Wildman–Crippen MR) is 437 cm³/mol. The van der Waals surface area contributed by atoms with Gasteiger partial charge in [-0.15, -0.1) is 6.58 Å². The summed E-state index contributed by atoms with van der Waals surface area (Å²) in [6, 6.07) is 21.9. The number of rotatable bonds is 30. The molecule has 0 unspecified atom stereocenters. The van der Waals surface area contributed by atoms with Crippen LogP contribution in [0, 0.1) is 17.8 Å². The number of aryl methyl sites for hydroxylation is 2. The molecular formula is C86H126N8O14Si2. The molecule has 6 amide bonds. The SMILES string of the molecule is C=CCC[C@@H](OC)[C@@H](C)C(=O)N[C@H](C(=O)N[C@@H](Cc1cccc(O[Si](C)(C)C(C)(C)C)c1)C(=O)N1CCC[C@@H](C(=O)O[C@@H]2CCc3ccc(C=C)cc32)N1)C(C)C.C=Cc1ccc2c(c1)[C@H](OC(=O)[C@@H]1CCCN(C(=O)[C@H](Cc3cccc(O[Si](C)(C)C(C)(C)C)c3)NC(=O)[C@@H](NC(=O)OC(C)(C)C)C(C)C)N1)CC2. The number of methoxy groups -OCH3 is 1. The van der Waals surface area contributed by atoms with E-state index in [0.717, 1.165) is 57.3 Å². The van der Waals surface area contributed by atoms with Gasteiger partial charge in [-0.3, -0.25) is 43.6 Å². The van der Waals surface area contributed by atoms with Gasteiger partial charge in [-0.1, -0.05) is 156 Å². The molecule has 602 valence electrons. The Balaban J connectivity index is 0.000000307. The van der Waals surface area contributed by atoms with Gasteiger partial charge in [0.1, 0.15) is 65.6 Å². The van der Waals surface area contributed by atoms with Gasteiger partial charge in [0.25, 0.3) is 11.8 Å². The average molecular weight is 1550 g/mol. The fourth-order valence-electron chi connectivity index (χ4n) is 13.3. The van der Waals surface area contributed by atoms with E-state index in [2.05, 4.69) is 132 Å². The molecular weight excluding hydrogens is 1430 g/mol. The number of allylic oxidation sites excluding steroid dienone is 1. The topological polar surface area (TPSA) is 271 Å². The molecule has 2 fully saturated rings. The van der Waals surface area contributed by atoms with Crippen molar-refractivity contribution in [2.45, 2.75) is 270 Å². The monoisotopic (exact) mass is 1550 g/mol. The van der Waals surface area contributed by atoms with Crippen molar-refractivity contribution < 1.29 is 66.2 Å². The lowest BCUT2D eigenvalue weighted by Gasteiger charge is -2.37. The van der Waals surface area contributed by atoms with Gasteiger partial charge in [0.2, 0.25) is 34.4 Å². The zero-order valence-corrected chi connectivity index (χ0v) is 70.9. The number of amides is 6. The number of hydrogen-bond acceptors (Lipinski definition) is 16. The van der Waals surface area contributed by atoms with E-state index in [1.54, 1.807) is 53.0 Å². The molecule has 0 bridgehead atoms. The molecule has 0 spiro atoms. The second-order valence-electron chi connectivity index (χ2n) is 34.5. The van der Waals surface area contributed by atoms with Crippen molar-refractivity contribution in [3.05, 3.63) is 155 Å². The third-order valence-electron chi connectivity index (χ3n) is 21.9. The van der Waals surface area contributed by atoms with Crippen LogP contribution in [0.3, 0.4) is 0 Å². The number of alkyl carbamates (subject to hydrolysis) is 1. The van der Waals surface area contributed by atoms with Crippen molar-refractivity contribution in [2.24, 2.45) is 17.8 Å². The van der Waals surface area contributed by atoms with E-state index in [4.69, 9.17) is 27.8 Å². The second kappa shape index (κ2) is 38.7. The van der Waals surface area contributed by atoms with Crippen LogP contribution in [-0.2, 0) is 78.2 Å². The van der Waals surface area contributed by atoms with Crippen LogP contribution in [0.5, 0.6) is 11.5 Å². The van der Waals surface area contributed by atoms with E-state index in [0.29, 0.717) is 76.0 Å². The molecule has 0 saturated carbocycles. The molecule has 10 atom stereocenters. The Kier molecular flexibility index (Phi) is 31.2. The van der Waals surface area contributed by atoms with Gasteiger partial charge in [0.15, 0.2) is 0 Å². The number of hydrazine groups is 2. The van der Waals surface area contributed by atoms with Crippen LogP contribution < -0.4 is 41.0 Å². The highest BCUT2D eigenvalue weighted by Gasteiger charge is 2.43. The van der Waals surface area contributed by atoms with Gasteiger partial charge in [0.05, 0.1) is 12.0 Å². The fraction of sp³-hybridized carbons (Fsp3) is 0.558. The van der Waals surface area contributed by atoms with E-state index < -0.39 is 106 Å². The van der Waals surface area contributed by atoms with Gasteiger partial charge in [0, 0.05) is 33.0 Å². The summed E-state index contributed by atoms with van der Waals surface area (Å²) in [4.78, 5) is 110. The normalized spacial score (nSPS) is 18.9. The summed E-state index contributed by atoms with van der Waals surface area (Å²) in [5.74, 6) is -2.71. The first-order valence-electron chi connectivity index (χ1n) is 39.2. The summed E-state index contributed by atoms with van der Waals surface area (Å²) in [6.07, 6.45) is 10.2. The molecule has 6 N–H and O–H groups in total. The number of carbonyl (C=O) groups is 8. The minimum absolute atomic E-state index is 0.0181. The lowest BCUT2D eigenvalue weighted by molar-refractivity contribution is -0.159. The lowest BCUT2D eigenvalue weighted by Crippen LogP contribution is -2.62. The van der Waals surface area contributed by atoms with Crippen molar-refractivity contribution in [1.82, 2.24) is 42.1 Å². The first kappa shape index (κ1) is 88.8. The Labute approximate surface area is 656 Å². The summed E-state index contributed by atoms with van der Waals surface area (Å²) in [5, 5.41) is 14.4. The van der Waals surface area contributed by atoms with E-state index >= 15 is 0 Å².